The Hall–Kier alpha value is -0.500. The van der Waals surface area contributed by atoms with Gasteiger partial charge in [0.05, 0.1) is 34.4 Å². The number of nitrogens with zero attached hydrogens (tertiary/aromatic N) is 1. The summed E-state index contributed by atoms with van der Waals surface area (Å²) < 4.78 is 34.4. The van der Waals surface area contributed by atoms with Gasteiger partial charge in [-0.05, 0) is 12.8 Å². The van der Waals surface area contributed by atoms with Gasteiger partial charge in [-0.15, -0.1) is 0 Å². The van der Waals surface area contributed by atoms with Gasteiger partial charge >= 0.3 is 5.97 Å². The van der Waals surface area contributed by atoms with Crippen LogP contribution in [0.3, 0.4) is 0 Å². The van der Waals surface area contributed by atoms with Crippen molar-refractivity contribution in [3.05, 3.63) is 0 Å². The van der Waals surface area contributed by atoms with Gasteiger partial charge in [0.1, 0.15) is 19.3 Å². The first-order valence-electron chi connectivity index (χ1n) is 19.8. The van der Waals surface area contributed by atoms with E-state index in [1.165, 1.54) is 128 Å². The van der Waals surface area contributed by atoms with Crippen molar-refractivity contribution in [3.63, 3.8) is 0 Å². The first-order valence-corrected chi connectivity index (χ1v) is 21.2. The zero-order chi connectivity index (χ0) is 34.9. The maximum atomic E-state index is 12.6. The van der Waals surface area contributed by atoms with E-state index in [0.717, 1.165) is 32.1 Å². The molecule has 0 heterocycles. The highest BCUT2D eigenvalue weighted by atomic mass is 31.2. The summed E-state index contributed by atoms with van der Waals surface area (Å²) in [4.78, 5) is 24.9. The van der Waals surface area contributed by atoms with Crippen molar-refractivity contribution in [2.45, 2.75) is 187 Å². The van der Waals surface area contributed by atoms with Crippen molar-refractivity contribution in [2.75, 3.05) is 54.1 Å². The number of rotatable bonds is 37. The molecule has 0 bridgehead atoms. The van der Waals surface area contributed by atoms with Gasteiger partial charge in [-0.3, -0.25) is 9.36 Å². The molecule has 0 aliphatic rings. The summed E-state index contributed by atoms with van der Waals surface area (Å²) in [6.45, 7) is 5.44. The van der Waals surface area contributed by atoms with Gasteiger partial charge in [-0.25, -0.2) is 0 Å². The van der Waals surface area contributed by atoms with Crippen LogP contribution in [0, 0.1) is 0 Å². The van der Waals surface area contributed by atoms with E-state index in [-0.39, 0.29) is 25.8 Å². The van der Waals surface area contributed by atoms with Crippen molar-refractivity contribution in [1.29, 1.82) is 0 Å². The Morgan fingerprint density at radius 3 is 1.40 bits per heavy atom. The predicted molar refractivity (Wildman–Crippen MR) is 194 cm³/mol. The second-order valence-electron chi connectivity index (χ2n) is 14.7. The third-order valence-corrected chi connectivity index (χ3v) is 9.62. The fourth-order valence-corrected chi connectivity index (χ4v) is 6.27. The molecule has 0 aromatic heterocycles. The van der Waals surface area contributed by atoms with Gasteiger partial charge in [0.15, 0.2) is 0 Å². The lowest BCUT2D eigenvalue weighted by Crippen LogP contribution is -2.37. The average molecular weight is 692 g/mol. The number of likely N-dealkylation sites (N-methyl/N-ethyl adjacent to an activating group) is 1. The topological polar surface area (TPSA) is 94.1 Å². The Labute approximate surface area is 291 Å². The summed E-state index contributed by atoms with van der Waals surface area (Å²) in [6.07, 6.45) is 31.0. The number of carbonyl (C=O) groups excluding carboxylic acids is 1. The number of unbranched alkanes of at least 4 members (excludes halogenated alkanes) is 23. The van der Waals surface area contributed by atoms with E-state index in [4.69, 9.17) is 18.5 Å². The third-order valence-electron chi connectivity index (χ3n) is 8.66. The van der Waals surface area contributed by atoms with Crippen molar-refractivity contribution in [1.82, 2.24) is 0 Å². The van der Waals surface area contributed by atoms with Crippen LogP contribution in [0.4, 0.5) is 0 Å². The minimum atomic E-state index is -4.51. The quantitative estimate of drug-likeness (QED) is 0.0277. The molecule has 9 heteroatoms. The monoisotopic (exact) mass is 692 g/mol. The van der Waals surface area contributed by atoms with E-state index in [1.54, 1.807) is 0 Å². The summed E-state index contributed by atoms with van der Waals surface area (Å²) in [5.41, 5.74) is 0. The standard InChI is InChI=1S/C38H78NO7P/c1-6-8-10-12-14-16-18-19-20-22-24-26-28-30-33-43-35-37(36-45-47(41,42)44-34-32-39(3,4)5)46-38(40)31-29-27-25-23-21-17-15-13-11-9-7-2/h37H,6-36H2,1-5H3. The molecule has 2 unspecified atom stereocenters. The van der Waals surface area contributed by atoms with Crippen molar-refractivity contribution < 1.29 is 37.3 Å². The fraction of sp³-hybridized carbons (Fsp3) is 0.974. The molecule has 0 fully saturated rings. The molecule has 0 rings (SSSR count). The average Bonchev–Trinajstić information content (AvgIpc) is 3.01. The van der Waals surface area contributed by atoms with Crippen LogP contribution in [0.5, 0.6) is 0 Å². The molecule has 0 aliphatic heterocycles. The molecule has 47 heavy (non-hydrogen) atoms. The lowest BCUT2D eigenvalue weighted by molar-refractivity contribution is -0.870. The zero-order valence-electron chi connectivity index (χ0n) is 31.7. The van der Waals surface area contributed by atoms with E-state index in [2.05, 4.69) is 13.8 Å². The molecule has 0 aromatic rings. The summed E-state index contributed by atoms with van der Waals surface area (Å²) in [5.74, 6) is -0.332. The number of phosphoric acid groups is 1. The number of carbonyl (C=O) groups is 1. The van der Waals surface area contributed by atoms with Gasteiger partial charge in [0.2, 0.25) is 0 Å². The van der Waals surface area contributed by atoms with Gasteiger partial charge < -0.3 is 27.9 Å². The SMILES string of the molecule is CCCCCCCCCCCCCCCCOCC(COP(=O)([O-])OCC[N+](C)(C)C)OC(=O)CCCCCCCCCCCCC. The Morgan fingerprint density at radius 1 is 0.574 bits per heavy atom. The molecule has 282 valence electrons. The largest absolute Gasteiger partial charge is 0.756 e. The van der Waals surface area contributed by atoms with Crippen LogP contribution in [0.15, 0.2) is 0 Å². The number of ether oxygens (including phenoxy) is 2. The van der Waals surface area contributed by atoms with Crippen molar-refractivity contribution in [2.24, 2.45) is 0 Å². The maximum Gasteiger partial charge on any atom is 0.306 e. The molecular formula is C38H78NO7P. The lowest BCUT2D eigenvalue weighted by atomic mass is 10.0. The van der Waals surface area contributed by atoms with E-state index >= 15 is 0 Å². The van der Waals surface area contributed by atoms with Crippen LogP contribution in [-0.4, -0.2) is 70.7 Å². The highest BCUT2D eigenvalue weighted by Gasteiger charge is 2.20. The number of hydrogen-bond donors (Lipinski definition) is 0. The molecule has 0 spiro atoms. The highest BCUT2D eigenvalue weighted by molar-refractivity contribution is 7.45. The molecule has 0 aromatic carbocycles. The normalized spacial score (nSPS) is 13.9. The summed E-state index contributed by atoms with van der Waals surface area (Å²) in [6, 6.07) is 0. The van der Waals surface area contributed by atoms with Gasteiger partial charge in [-0.2, -0.15) is 0 Å². The molecule has 0 radical (unpaired) electrons. The summed E-state index contributed by atoms with van der Waals surface area (Å²) in [5, 5.41) is 0. The third kappa shape index (κ3) is 36.6. The molecular weight excluding hydrogens is 613 g/mol. The molecule has 0 saturated carbocycles. The molecule has 2 atom stereocenters. The van der Waals surface area contributed by atoms with Crippen LogP contribution in [0.25, 0.3) is 0 Å². The van der Waals surface area contributed by atoms with Crippen LogP contribution in [0.2, 0.25) is 0 Å². The highest BCUT2D eigenvalue weighted by Crippen LogP contribution is 2.38. The van der Waals surface area contributed by atoms with Crippen molar-refractivity contribution >= 4 is 13.8 Å². The van der Waals surface area contributed by atoms with Crippen molar-refractivity contribution in [3.8, 4) is 0 Å². The number of esters is 1. The van der Waals surface area contributed by atoms with Crippen LogP contribution in [-0.2, 0) is 27.9 Å². The molecule has 0 saturated heterocycles. The Bertz CT molecular complexity index is 731. The Balaban J connectivity index is 4.24. The van der Waals surface area contributed by atoms with E-state index in [0.29, 0.717) is 24.1 Å². The number of hydrogen-bond acceptors (Lipinski definition) is 7. The fourth-order valence-electron chi connectivity index (χ4n) is 5.55. The molecule has 8 nitrogen and oxygen atoms in total. The number of phosphoric ester groups is 1. The first-order chi connectivity index (χ1) is 22.6. The maximum absolute atomic E-state index is 12.6. The lowest BCUT2D eigenvalue weighted by Gasteiger charge is -2.28. The Morgan fingerprint density at radius 2 is 0.979 bits per heavy atom. The molecule has 0 aliphatic carbocycles. The van der Waals surface area contributed by atoms with Gasteiger partial charge in [0.25, 0.3) is 7.82 Å². The van der Waals surface area contributed by atoms with E-state index in [1.807, 2.05) is 21.1 Å². The summed E-state index contributed by atoms with van der Waals surface area (Å²) in [7, 11) is 1.37. The smallest absolute Gasteiger partial charge is 0.306 e. The predicted octanol–water partition coefficient (Wildman–Crippen LogP) is 10.3. The van der Waals surface area contributed by atoms with Gasteiger partial charge in [0, 0.05) is 13.0 Å². The van der Waals surface area contributed by atoms with Crippen LogP contribution < -0.4 is 4.89 Å². The molecule has 0 N–H and O–H groups in total. The van der Waals surface area contributed by atoms with Gasteiger partial charge in [-0.1, -0.05) is 162 Å². The Kier molecular flexibility index (Phi) is 32.3. The second-order valence-corrected chi connectivity index (χ2v) is 16.1. The first kappa shape index (κ1) is 46.5. The minimum Gasteiger partial charge on any atom is -0.756 e. The molecule has 0 amide bonds. The van der Waals surface area contributed by atoms with Crippen LogP contribution >= 0.6 is 7.82 Å². The number of quaternary nitrogens is 1. The zero-order valence-corrected chi connectivity index (χ0v) is 32.6. The van der Waals surface area contributed by atoms with Crippen LogP contribution in [0.1, 0.15) is 181 Å². The van der Waals surface area contributed by atoms with E-state index in [9.17, 15) is 14.3 Å². The summed E-state index contributed by atoms with van der Waals surface area (Å²) >= 11 is 0. The van der Waals surface area contributed by atoms with E-state index < -0.39 is 13.9 Å². The second kappa shape index (κ2) is 32.7. The minimum absolute atomic E-state index is 0.0310.